The van der Waals surface area contributed by atoms with Crippen LogP contribution in [0.15, 0.2) is 60.8 Å². The van der Waals surface area contributed by atoms with Crippen molar-refractivity contribution in [3.05, 3.63) is 82.0 Å². The van der Waals surface area contributed by atoms with Crippen LogP contribution in [0.5, 0.6) is 0 Å². The minimum absolute atomic E-state index is 0.0637. The highest BCUT2D eigenvalue weighted by Crippen LogP contribution is 2.20. The average Bonchev–Trinajstić information content (AvgIpc) is 3.22. The summed E-state index contributed by atoms with van der Waals surface area (Å²) in [4.78, 5) is 19.3. The van der Waals surface area contributed by atoms with E-state index in [1.165, 1.54) is 17.7 Å². The molecule has 0 saturated heterocycles. The van der Waals surface area contributed by atoms with Gasteiger partial charge in [0, 0.05) is 25.2 Å². The summed E-state index contributed by atoms with van der Waals surface area (Å²) in [6, 6.07) is 16.6. The molecule has 2 heterocycles. The number of fused-ring (bicyclic) bond motifs is 1. The highest BCUT2D eigenvalue weighted by molar-refractivity contribution is 5.86. The first-order chi connectivity index (χ1) is 14.2. The van der Waals surface area contributed by atoms with Crippen molar-refractivity contribution in [2.24, 2.45) is 0 Å². The third-order valence-electron chi connectivity index (χ3n) is 4.46. The molecule has 0 aliphatic rings. The molecule has 4 aromatic rings. The van der Waals surface area contributed by atoms with Crippen LogP contribution in [0.2, 0.25) is 0 Å². The first-order valence-corrected chi connectivity index (χ1v) is 9.15. The van der Waals surface area contributed by atoms with Gasteiger partial charge in [-0.25, -0.2) is 0 Å². The van der Waals surface area contributed by atoms with E-state index in [0.717, 1.165) is 23.9 Å². The molecule has 0 unspecified atom stereocenters. The van der Waals surface area contributed by atoms with Crippen molar-refractivity contribution < 1.29 is 4.92 Å². The number of benzene rings is 2. The Kier molecular flexibility index (Phi) is 5.28. The van der Waals surface area contributed by atoms with Crippen LogP contribution in [-0.4, -0.2) is 31.6 Å². The molecule has 0 fully saturated rings. The summed E-state index contributed by atoms with van der Waals surface area (Å²) in [5.74, 6) is 1.15. The Bertz CT molecular complexity index is 1110. The molecule has 29 heavy (non-hydrogen) atoms. The molecule has 0 spiro atoms. The van der Waals surface area contributed by atoms with Crippen molar-refractivity contribution in [2.75, 3.05) is 17.2 Å². The molecule has 146 valence electrons. The fraction of sp³-hybridized carbons (Fsp3) is 0.150. The lowest BCUT2D eigenvalue weighted by Gasteiger charge is -2.10. The van der Waals surface area contributed by atoms with Crippen LogP contribution in [0.25, 0.3) is 11.0 Å². The number of nitrogens with zero attached hydrogens (tertiary/aromatic N) is 4. The highest BCUT2D eigenvalue weighted by atomic mass is 16.6. The summed E-state index contributed by atoms with van der Waals surface area (Å²) < 4.78 is 0. The second kappa shape index (κ2) is 8.34. The third-order valence-corrected chi connectivity index (χ3v) is 4.46. The number of hydrogen-bond donors (Lipinski definition) is 3. The lowest BCUT2D eigenvalue weighted by Crippen LogP contribution is -2.10. The molecule has 4 rings (SSSR count). The van der Waals surface area contributed by atoms with E-state index in [1.54, 1.807) is 18.3 Å². The predicted octanol–water partition coefficient (Wildman–Crippen LogP) is 3.53. The third kappa shape index (κ3) is 4.46. The van der Waals surface area contributed by atoms with Crippen molar-refractivity contribution in [1.29, 1.82) is 0 Å². The van der Waals surface area contributed by atoms with Gasteiger partial charge in [-0.2, -0.15) is 15.1 Å². The van der Waals surface area contributed by atoms with Crippen LogP contribution in [0.3, 0.4) is 0 Å². The first-order valence-electron chi connectivity index (χ1n) is 9.15. The van der Waals surface area contributed by atoms with Gasteiger partial charge >= 0.3 is 0 Å². The molecule has 9 heteroatoms. The molecular weight excluding hydrogens is 370 g/mol. The summed E-state index contributed by atoms with van der Waals surface area (Å²) in [7, 11) is 0. The number of rotatable bonds is 8. The van der Waals surface area contributed by atoms with E-state index in [1.807, 2.05) is 18.2 Å². The van der Waals surface area contributed by atoms with Gasteiger partial charge < -0.3 is 10.6 Å². The Balaban J connectivity index is 1.44. The first kappa shape index (κ1) is 18.4. The summed E-state index contributed by atoms with van der Waals surface area (Å²) in [5, 5.41) is 25.0. The molecular formula is C20H19N7O2. The fourth-order valence-electron chi connectivity index (χ4n) is 2.94. The number of hydrogen-bond acceptors (Lipinski definition) is 7. The number of H-pyrrole nitrogens is 1. The molecule has 9 nitrogen and oxygen atoms in total. The smallest absolute Gasteiger partial charge is 0.269 e. The molecule has 0 radical (unpaired) electrons. The summed E-state index contributed by atoms with van der Waals surface area (Å²) in [6.45, 7) is 1.17. The lowest BCUT2D eigenvalue weighted by atomic mass is 10.1. The SMILES string of the molecule is O=[N+]([O-])c1ccc(CNc2nc(NCCc3ccccc3)c3cn[nH]c3n2)cc1. The Hall–Kier alpha value is -4.01. The molecule has 0 aliphatic heterocycles. The van der Waals surface area contributed by atoms with Crippen molar-refractivity contribution in [3.63, 3.8) is 0 Å². The minimum atomic E-state index is -0.417. The van der Waals surface area contributed by atoms with Gasteiger partial charge in [-0.1, -0.05) is 42.5 Å². The maximum atomic E-state index is 10.8. The number of aromatic amines is 1. The number of nitro benzene ring substituents is 1. The monoisotopic (exact) mass is 389 g/mol. The van der Waals surface area contributed by atoms with Crippen molar-refractivity contribution in [3.8, 4) is 0 Å². The van der Waals surface area contributed by atoms with Crippen molar-refractivity contribution >= 4 is 28.5 Å². The largest absolute Gasteiger partial charge is 0.369 e. The topological polar surface area (TPSA) is 122 Å². The zero-order valence-electron chi connectivity index (χ0n) is 15.5. The second-order valence-corrected chi connectivity index (χ2v) is 6.47. The quantitative estimate of drug-likeness (QED) is 0.311. The molecule has 0 bridgehead atoms. The molecule has 2 aromatic heterocycles. The van der Waals surface area contributed by atoms with Crippen LogP contribution in [-0.2, 0) is 13.0 Å². The van der Waals surface area contributed by atoms with E-state index in [4.69, 9.17) is 0 Å². The zero-order chi connectivity index (χ0) is 20.1. The minimum Gasteiger partial charge on any atom is -0.369 e. The number of non-ortho nitro benzene ring substituents is 1. The van der Waals surface area contributed by atoms with E-state index in [2.05, 4.69) is 42.9 Å². The highest BCUT2D eigenvalue weighted by Gasteiger charge is 2.10. The van der Waals surface area contributed by atoms with Gasteiger partial charge in [-0.05, 0) is 17.5 Å². The summed E-state index contributed by atoms with van der Waals surface area (Å²) in [6.07, 6.45) is 2.57. The Morgan fingerprint density at radius 1 is 0.966 bits per heavy atom. The fourth-order valence-corrected chi connectivity index (χ4v) is 2.94. The normalized spacial score (nSPS) is 10.8. The number of aromatic nitrogens is 4. The molecule has 3 N–H and O–H groups in total. The maximum Gasteiger partial charge on any atom is 0.269 e. The van der Waals surface area contributed by atoms with Crippen molar-refractivity contribution in [2.45, 2.75) is 13.0 Å². The Morgan fingerprint density at radius 2 is 1.76 bits per heavy atom. The standard InChI is InChI=1S/C20H19N7O2/c28-27(29)16-8-6-15(7-9-16)12-22-20-24-18(17-13-23-26-19(17)25-20)21-11-10-14-4-2-1-3-5-14/h1-9,13H,10-12H2,(H3,21,22,23,24,25,26). The van der Waals surface area contributed by atoms with Crippen LogP contribution in [0.4, 0.5) is 17.5 Å². The van der Waals surface area contributed by atoms with Gasteiger partial charge in [0.2, 0.25) is 5.95 Å². The molecule has 0 atom stereocenters. The van der Waals surface area contributed by atoms with E-state index in [0.29, 0.717) is 24.0 Å². The number of nitro groups is 1. The van der Waals surface area contributed by atoms with Crippen LogP contribution < -0.4 is 10.6 Å². The van der Waals surface area contributed by atoms with E-state index in [9.17, 15) is 10.1 Å². The van der Waals surface area contributed by atoms with Crippen LogP contribution >= 0.6 is 0 Å². The Morgan fingerprint density at radius 3 is 2.52 bits per heavy atom. The zero-order valence-corrected chi connectivity index (χ0v) is 15.5. The summed E-state index contributed by atoms with van der Waals surface area (Å²) >= 11 is 0. The number of nitrogens with one attached hydrogen (secondary N) is 3. The summed E-state index contributed by atoms with van der Waals surface area (Å²) in [5.41, 5.74) is 2.83. The van der Waals surface area contributed by atoms with Gasteiger partial charge in [-0.15, -0.1) is 0 Å². The maximum absolute atomic E-state index is 10.8. The second-order valence-electron chi connectivity index (χ2n) is 6.47. The van der Waals surface area contributed by atoms with Gasteiger partial charge in [0.15, 0.2) is 5.65 Å². The molecule has 0 amide bonds. The van der Waals surface area contributed by atoms with Crippen molar-refractivity contribution in [1.82, 2.24) is 20.2 Å². The van der Waals surface area contributed by atoms with Gasteiger partial charge in [-0.3, -0.25) is 15.2 Å². The predicted molar refractivity (Wildman–Crippen MR) is 111 cm³/mol. The Labute approximate surface area is 166 Å². The van der Waals surface area contributed by atoms with Gasteiger partial charge in [0.05, 0.1) is 16.5 Å². The molecule has 0 aliphatic carbocycles. The molecule has 2 aromatic carbocycles. The van der Waals surface area contributed by atoms with Gasteiger partial charge in [0.1, 0.15) is 5.82 Å². The van der Waals surface area contributed by atoms with E-state index >= 15 is 0 Å². The van der Waals surface area contributed by atoms with Crippen LogP contribution in [0.1, 0.15) is 11.1 Å². The van der Waals surface area contributed by atoms with Crippen LogP contribution in [0, 0.1) is 10.1 Å². The molecule has 0 saturated carbocycles. The van der Waals surface area contributed by atoms with Gasteiger partial charge in [0.25, 0.3) is 5.69 Å². The lowest BCUT2D eigenvalue weighted by molar-refractivity contribution is -0.384. The van der Waals surface area contributed by atoms with E-state index in [-0.39, 0.29) is 5.69 Å². The van der Waals surface area contributed by atoms with E-state index < -0.39 is 4.92 Å². The number of anilines is 2. The average molecular weight is 389 g/mol.